The Morgan fingerprint density at radius 2 is 1.03 bits per heavy atom. The molecule has 0 aliphatic heterocycles. The molecular weight excluding hydrogens is 451 g/mol. The van der Waals surface area contributed by atoms with Crippen LogP contribution >= 0.6 is 22.2 Å². The Labute approximate surface area is 195 Å². The van der Waals surface area contributed by atoms with Crippen LogP contribution in [0.15, 0.2) is 70.9 Å². The minimum absolute atomic E-state index is 0.169. The maximum Gasteiger partial charge on any atom is 0.683 e. The Morgan fingerprint density at radius 3 is 1.32 bits per heavy atom. The molecule has 2 aromatic rings. The number of hydrazone groups is 2. The molecule has 6 nitrogen and oxygen atoms in total. The van der Waals surface area contributed by atoms with Crippen LogP contribution in [0.4, 0.5) is 0 Å². The van der Waals surface area contributed by atoms with Gasteiger partial charge in [0.05, 0.1) is 11.8 Å². The van der Waals surface area contributed by atoms with Crippen molar-refractivity contribution in [2.75, 3.05) is 28.2 Å². The zero-order valence-electron chi connectivity index (χ0n) is 18.8. The number of hydrogen-bond acceptors (Lipinski definition) is 6. The fourth-order valence-corrected chi connectivity index (χ4v) is 4.73. The Hall–Kier alpha value is -2.22. The third-order valence-electron chi connectivity index (χ3n) is 4.38. The van der Waals surface area contributed by atoms with Crippen molar-refractivity contribution in [2.24, 2.45) is 10.2 Å². The number of benzene rings is 2. The summed E-state index contributed by atoms with van der Waals surface area (Å²) in [5.74, 6) is 0.420. The van der Waals surface area contributed by atoms with Gasteiger partial charge in [-0.15, -0.1) is 10.2 Å². The number of halogens is 2. The highest BCUT2D eigenvalue weighted by atomic mass is 35.7. The fourth-order valence-electron chi connectivity index (χ4n) is 2.82. The van der Waals surface area contributed by atoms with Gasteiger partial charge in [0.15, 0.2) is 0 Å². The summed E-state index contributed by atoms with van der Waals surface area (Å²) in [5, 5.41) is 12.2. The second kappa shape index (κ2) is 11.4. The van der Waals surface area contributed by atoms with Crippen LogP contribution in [-0.4, -0.2) is 57.2 Å². The Morgan fingerprint density at radius 1 is 0.710 bits per heavy atom. The molecule has 2 atom stereocenters. The van der Waals surface area contributed by atoms with Crippen LogP contribution in [0.5, 0.6) is 0 Å². The van der Waals surface area contributed by atoms with Crippen LogP contribution in [-0.2, 0) is 8.85 Å². The molecule has 0 saturated carbocycles. The lowest BCUT2D eigenvalue weighted by molar-refractivity contribution is 0.356. The van der Waals surface area contributed by atoms with Crippen LogP contribution in [0, 0.1) is 0 Å². The molecule has 0 amide bonds. The first-order chi connectivity index (χ1) is 14.6. The summed E-state index contributed by atoms with van der Waals surface area (Å²) < 4.78 is 12.0. The van der Waals surface area contributed by atoms with Crippen LogP contribution in [0.3, 0.4) is 0 Å². The van der Waals surface area contributed by atoms with Gasteiger partial charge in [0.25, 0.3) is 0 Å². The van der Waals surface area contributed by atoms with Gasteiger partial charge in [-0.3, -0.25) is 10.0 Å². The molecule has 0 unspecified atom stereocenters. The summed E-state index contributed by atoms with van der Waals surface area (Å²) in [6.45, 7) is 3.97. The molecule has 2 rings (SSSR count). The van der Waals surface area contributed by atoms with Gasteiger partial charge < -0.3 is 8.85 Å². The number of nitrogens with zero attached hydrogens (tertiary/aromatic N) is 4. The molecule has 0 aliphatic carbocycles. The first-order valence-corrected chi connectivity index (χ1v) is 13.8. The van der Waals surface area contributed by atoms with E-state index in [2.05, 4.69) is 10.2 Å². The molecule has 2 aromatic carbocycles. The van der Waals surface area contributed by atoms with Crippen LogP contribution in [0.2, 0.25) is 0 Å². The standard InChI is InChI=1S/C22H30Cl2N4O2Si/c1-17(19-13-9-7-10-14-19)21(25-27(3)4)29-31(23,24)30-22(26-28(5)6)18(2)20-15-11-8-12-16-20/h7-18H,1-6H3/b25-21-,26-22+/t17-,18-/m1/s1. The fraction of sp³-hybridized carbons (Fsp3) is 0.364. The van der Waals surface area contributed by atoms with Crippen molar-refractivity contribution in [1.29, 1.82) is 0 Å². The molecule has 0 spiro atoms. The second-order valence-electron chi connectivity index (χ2n) is 7.50. The summed E-state index contributed by atoms with van der Waals surface area (Å²) in [4.78, 5) is 0. The predicted molar refractivity (Wildman–Crippen MR) is 132 cm³/mol. The minimum Gasteiger partial charge on any atom is -0.477 e. The van der Waals surface area contributed by atoms with Crippen molar-refractivity contribution in [1.82, 2.24) is 10.0 Å². The van der Waals surface area contributed by atoms with Crippen molar-refractivity contribution in [3.05, 3.63) is 71.8 Å². The maximum atomic E-state index is 6.62. The average Bonchev–Trinajstić information content (AvgIpc) is 2.72. The molecule has 0 fully saturated rings. The maximum absolute atomic E-state index is 6.62. The van der Waals surface area contributed by atoms with Crippen molar-refractivity contribution in [3.63, 3.8) is 0 Å². The lowest BCUT2D eigenvalue weighted by Gasteiger charge is -2.27. The van der Waals surface area contributed by atoms with Gasteiger partial charge in [-0.25, -0.2) is 0 Å². The van der Waals surface area contributed by atoms with Crippen molar-refractivity contribution < 1.29 is 8.85 Å². The molecule has 0 radical (unpaired) electrons. The summed E-state index contributed by atoms with van der Waals surface area (Å²) >= 11 is 13.2. The number of rotatable bonds is 8. The minimum atomic E-state index is -3.72. The van der Waals surface area contributed by atoms with Gasteiger partial charge in [0, 0.05) is 28.2 Å². The summed E-state index contributed by atoms with van der Waals surface area (Å²) in [6.07, 6.45) is 0. The second-order valence-corrected chi connectivity index (χ2v) is 12.4. The summed E-state index contributed by atoms with van der Waals surface area (Å²) in [7, 11) is 3.51. The van der Waals surface area contributed by atoms with E-state index in [1.54, 1.807) is 10.0 Å². The van der Waals surface area contributed by atoms with E-state index in [0.29, 0.717) is 11.8 Å². The van der Waals surface area contributed by atoms with Crippen molar-refractivity contribution >= 4 is 41.1 Å². The number of hydrogen-bond donors (Lipinski definition) is 0. The Bertz CT molecular complexity index is 806. The Balaban J connectivity index is 2.29. The van der Waals surface area contributed by atoms with E-state index in [9.17, 15) is 0 Å². The lowest BCUT2D eigenvalue weighted by Crippen LogP contribution is -2.39. The molecule has 0 saturated heterocycles. The van der Waals surface area contributed by atoms with Gasteiger partial charge in [0.2, 0.25) is 11.8 Å². The van der Waals surface area contributed by atoms with Crippen LogP contribution < -0.4 is 0 Å². The molecule has 0 bridgehead atoms. The van der Waals surface area contributed by atoms with Gasteiger partial charge in [-0.2, -0.15) is 0 Å². The predicted octanol–water partition coefficient (Wildman–Crippen LogP) is 5.29. The molecule has 168 valence electrons. The monoisotopic (exact) mass is 480 g/mol. The van der Waals surface area contributed by atoms with Crippen molar-refractivity contribution in [3.8, 4) is 0 Å². The third kappa shape index (κ3) is 8.09. The quantitative estimate of drug-likeness (QED) is 0.169. The van der Waals surface area contributed by atoms with Crippen LogP contribution in [0.25, 0.3) is 0 Å². The van der Waals surface area contributed by atoms with Gasteiger partial charge >= 0.3 is 7.18 Å². The Kier molecular flexibility index (Phi) is 9.22. The van der Waals surface area contributed by atoms with E-state index in [1.807, 2.05) is 103 Å². The highest BCUT2D eigenvalue weighted by Crippen LogP contribution is 2.28. The van der Waals surface area contributed by atoms with E-state index in [0.717, 1.165) is 11.1 Å². The largest absolute Gasteiger partial charge is 0.683 e. The molecule has 0 aromatic heterocycles. The molecule has 31 heavy (non-hydrogen) atoms. The smallest absolute Gasteiger partial charge is 0.477 e. The third-order valence-corrected chi connectivity index (χ3v) is 6.20. The van der Waals surface area contributed by atoms with Gasteiger partial charge in [-0.05, 0) is 25.0 Å². The van der Waals surface area contributed by atoms with E-state index in [1.165, 1.54) is 0 Å². The van der Waals surface area contributed by atoms with E-state index >= 15 is 0 Å². The van der Waals surface area contributed by atoms with Crippen molar-refractivity contribution in [2.45, 2.75) is 25.7 Å². The normalized spacial score (nSPS) is 14.6. The highest BCUT2D eigenvalue weighted by Gasteiger charge is 2.44. The highest BCUT2D eigenvalue weighted by molar-refractivity contribution is 7.40. The average molecular weight is 482 g/mol. The summed E-state index contributed by atoms with van der Waals surface area (Å²) in [6, 6.07) is 19.8. The van der Waals surface area contributed by atoms with E-state index < -0.39 is 7.18 Å². The first-order valence-electron chi connectivity index (χ1n) is 9.96. The van der Waals surface area contributed by atoms with Crippen LogP contribution in [0.1, 0.15) is 36.8 Å². The molecular formula is C22H30Cl2N4O2Si. The van der Waals surface area contributed by atoms with Gasteiger partial charge in [0.1, 0.15) is 0 Å². The van der Waals surface area contributed by atoms with Gasteiger partial charge in [-0.1, -0.05) is 82.8 Å². The zero-order valence-corrected chi connectivity index (χ0v) is 21.3. The van der Waals surface area contributed by atoms with E-state index in [-0.39, 0.29) is 11.8 Å². The SMILES string of the molecule is C[C@@H](/C(=N/N(C)C)O[Si](Cl)(Cl)O/C(=N/N(C)C)[C@H](C)c1ccccc1)c1ccccc1. The zero-order chi connectivity index (χ0) is 23.0. The molecule has 0 N–H and O–H groups in total. The lowest BCUT2D eigenvalue weighted by atomic mass is 10.0. The van der Waals surface area contributed by atoms with E-state index in [4.69, 9.17) is 31.0 Å². The summed E-state index contributed by atoms with van der Waals surface area (Å²) in [5.41, 5.74) is 2.06. The first kappa shape index (κ1) is 25.0. The molecule has 9 heteroatoms. The topological polar surface area (TPSA) is 49.7 Å². The molecule has 0 heterocycles. The molecule has 0 aliphatic rings.